The number of hydrogen-bond acceptors (Lipinski definition) is 2. The van der Waals surface area contributed by atoms with E-state index in [2.05, 4.69) is 24.2 Å². The van der Waals surface area contributed by atoms with E-state index in [1.165, 1.54) is 5.56 Å². The van der Waals surface area contributed by atoms with Crippen molar-refractivity contribution < 1.29 is 4.74 Å². The van der Waals surface area contributed by atoms with Crippen molar-refractivity contribution in [1.82, 2.24) is 5.32 Å². The van der Waals surface area contributed by atoms with Crippen LogP contribution in [-0.4, -0.2) is 19.2 Å². The third-order valence-electron chi connectivity index (χ3n) is 2.93. The van der Waals surface area contributed by atoms with Crippen LogP contribution in [0.2, 0.25) is 0 Å². The fourth-order valence-corrected chi connectivity index (χ4v) is 2.08. The van der Waals surface area contributed by atoms with E-state index in [4.69, 9.17) is 11.2 Å². The van der Waals surface area contributed by atoms with E-state index in [1.807, 2.05) is 18.2 Å². The van der Waals surface area contributed by atoms with Gasteiger partial charge in [-0.1, -0.05) is 31.0 Å². The van der Waals surface area contributed by atoms with E-state index in [9.17, 15) is 0 Å². The summed E-state index contributed by atoms with van der Waals surface area (Å²) in [5, 5.41) is 3.39. The Morgan fingerprint density at radius 2 is 2.38 bits per heavy atom. The Hall–Kier alpha value is -1.46. The smallest absolute Gasteiger partial charge is 0.123 e. The van der Waals surface area contributed by atoms with Gasteiger partial charge in [0, 0.05) is 11.5 Å². The number of ether oxygens (including phenoxy) is 1. The van der Waals surface area contributed by atoms with Crippen LogP contribution in [0.5, 0.6) is 5.75 Å². The van der Waals surface area contributed by atoms with Gasteiger partial charge < -0.3 is 10.1 Å². The average Bonchev–Trinajstić information content (AvgIpc) is 2.75. The molecular formula is C14H17NO. The number of rotatable bonds is 4. The fourth-order valence-electron chi connectivity index (χ4n) is 2.08. The molecule has 1 aromatic rings. The third-order valence-corrected chi connectivity index (χ3v) is 2.93. The molecule has 2 atom stereocenters. The van der Waals surface area contributed by atoms with Crippen LogP contribution < -0.4 is 10.1 Å². The summed E-state index contributed by atoms with van der Waals surface area (Å²) in [5.41, 5.74) is 1.23. The summed E-state index contributed by atoms with van der Waals surface area (Å²) in [6.45, 7) is 3.78. The van der Waals surface area contributed by atoms with Gasteiger partial charge in [0.05, 0.1) is 12.6 Å². The number of nitrogens with one attached hydrogen (secondary N) is 1. The van der Waals surface area contributed by atoms with Crippen LogP contribution in [0, 0.1) is 12.3 Å². The SMILES string of the molecule is C#CC(NCCC)C1COc2ccccc21. The second-order valence-electron chi connectivity index (χ2n) is 4.05. The molecule has 1 aliphatic heterocycles. The molecule has 2 unspecified atom stereocenters. The van der Waals surface area contributed by atoms with Gasteiger partial charge in [0.15, 0.2) is 0 Å². The maximum absolute atomic E-state index is 5.64. The lowest BCUT2D eigenvalue weighted by atomic mass is 9.94. The average molecular weight is 215 g/mol. The highest BCUT2D eigenvalue weighted by Gasteiger charge is 2.29. The molecule has 0 saturated heterocycles. The summed E-state index contributed by atoms with van der Waals surface area (Å²) in [5.74, 6) is 4.09. The van der Waals surface area contributed by atoms with Gasteiger partial charge in [-0.05, 0) is 19.0 Å². The largest absolute Gasteiger partial charge is 0.493 e. The standard InChI is InChI=1S/C14H17NO/c1-3-9-15-13(4-2)12-10-16-14-8-6-5-7-11(12)14/h2,5-8,12-13,15H,3,9-10H2,1H3. The van der Waals surface area contributed by atoms with Crippen molar-refractivity contribution in [3.8, 4) is 18.1 Å². The van der Waals surface area contributed by atoms with Gasteiger partial charge in [-0.25, -0.2) is 0 Å². The number of hydrogen-bond donors (Lipinski definition) is 1. The first kappa shape index (κ1) is 11.0. The Morgan fingerprint density at radius 3 is 3.12 bits per heavy atom. The Kier molecular flexibility index (Phi) is 3.48. The molecular weight excluding hydrogens is 198 g/mol. The van der Waals surface area contributed by atoms with Crippen LogP contribution in [0.4, 0.5) is 0 Å². The lowest BCUT2D eigenvalue weighted by Gasteiger charge is -2.18. The Bertz CT molecular complexity index is 394. The van der Waals surface area contributed by atoms with Gasteiger partial charge in [-0.15, -0.1) is 6.42 Å². The highest BCUT2D eigenvalue weighted by atomic mass is 16.5. The highest BCUT2D eigenvalue weighted by Crippen LogP contribution is 2.35. The monoisotopic (exact) mass is 215 g/mol. The van der Waals surface area contributed by atoms with E-state index >= 15 is 0 Å². The molecule has 0 radical (unpaired) electrons. The molecule has 1 aromatic carbocycles. The van der Waals surface area contributed by atoms with Crippen LogP contribution in [0.3, 0.4) is 0 Å². The van der Waals surface area contributed by atoms with E-state index in [-0.39, 0.29) is 12.0 Å². The number of terminal acetylenes is 1. The van der Waals surface area contributed by atoms with Crippen molar-refractivity contribution in [3.63, 3.8) is 0 Å². The Labute approximate surface area is 97.0 Å². The summed E-state index contributed by atoms with van der Waals surface area (Å²) in [4.78, 5) is 0. The molecule has 0 aliphatic carbocycles. The second-order valence-corrected chi connectivity index (χ2v) is 4.05. The maximum Gasteiger partial charge on any atom is 0.123 e. The minimum Gasteiger partial charge on any atom is -0.493 e. The van der Waals surface area contributed by atoms with E-state index in [1.54, 1.807) is 0 Å². The molecule has 0 fully saturated rings. The van der Waals surface area contributed by atoms with Gasteiger partial charge in [0.1, 0.15) is 5.75 Å². The zero-order chi connectivity index (χ0) is 11.4. The van der Waals surface area contributed by atoms with Gasteiger partial charge in [0.25, 0.3) is 0 Å². The van der Waals surface area contributed by atoms with Crippen LogP contribution in [0.1, 0.15) is 24.8 Å². The van der Waals surface area contributed by atoms with Crippen molar-refractivity contribution in [2.45, 2.75) is 25.3 Å². The lowest BCUT2D eigenvalue weighted by molar-refractivity contribution is 0.314. The molecule has 0 saturated carbocycles. The molecule has 16 heavy (non-hydrogen) atoms. The Morgan fingerprint density at radius 1 is 1.56 bits per heavy atom. The quantitative estimate of drug-likeness (QED) is 0.777. The first-order valence-corrected chi connectivity index (χ1v) is 5.78. The molecule has 0 aromatic heterocycles. The molecule has 0 amide bonds. The highest BCUT2D eigenvalue weighted by molar-refractivity contribution is 5.41. The second kappa shape index (κ2) is 5.05. The molecule has 84 valence electrons. The van der Waals surface area contributed by atoms with E-state index in [0.717, 1.165) is 18.7 Å². The molecule has 0 bridgehead atoms. The first-order chi connectivity index (χ1) is 7.86. The topological polar surface area (TPSA) is 21.3 Å². The zero-order valence-electron chi connectivity index (χ0n) is 9.57. The lowest BCUT2D eigenvalue weighted by Crippen LogP contribution is -2.34. The van der Waals surface area contributed by atoms with Crippen molar-refractivity contribution >= 4 is 0 Å². The van der Waals surface area contributed by atoms with Crippen LogP contribution in [0.25, 0.3) is 0 Å². The van der Waals surface area contributed by atoms with Gasteiger partial charge in [0.2, 0.25) is 0 Å². The normalized spacial score (nSPS) is 19.6. The summed E-state index contributed by atoms with van der Waals surface area (Å²) >= 11 is 0. The number of para-hydroxylation sites is 1. The van der Waals surface area contributed by atoms with E-state index < -0.39 is 0 Å². The molecule has 0 spiro atoms. The van der Waals surface area contributed by atoms with Gasteiger partial charge in [-0.2, -0.15) is 0 Å². The minimum absolute atomic E-state index is 0.0728. The summed E-state index contributed by atoms with van der Waals surface area (Å²) in [7, 11) is 0. The van der Waals surface area contributed by atoms with Crippen molar-refractivity contribution in [2.24, 2.45) is 0 Å². The van der Waals surface area contributed by atoms with Gasteiger partial charge in [-0.3, -0.25) is 0 Å². The minimum atomic E-state index is 0.0728. The first-order valence-electron chi connectivity index (χ1n) is 5.78. The summed E-state index contributed by atoms with van der Waals surface area (Å²) in [6, 6.07) is 8.20. The van der Waals surface area contributed by atoms with Crippen LogP contribution in [-0.2, 0) is 0 Å². The molecule has 1 N–H and O–H groups in total. The Balaban J connectivity index is 2.14. The number of fused-ring (bicyclic) bond motifs is 1. The third kappa shape index (κ3) is 2.05. The van der Waals surface area contributed by atoms with Gasteiger partial charge >= 0.3 is 0 Å². The molecule has 1 heterocycles. The van der Waals surface area contributed by atoms with Crippen LogP contribution >= 0.6 is 0 Å². The number of benzene rings is 1. The molecule has 2 rings (SSSR count). The predicted octanol–water partition coefficient (Wildman–Crippen LogP) is 2.16. The predicted molar refractivity (Wildman–Crippen MR) is 65.6 cm³/mol. The fraction of sp³-hybridized carbons (Fsp3) is 0.429. The summed E-state index contributed by atoms with van der Waals surface area (Å²) in [6.07, 6.45) is 6.67. The van der Waals surface area contributed by atoms with Crippen LogP contribution in [0.15, 0.2) is 24.3 Å². The molecule has 2 heteroatoms. The molecule has 2 nitrogen and oxygen atoms in total. The van der Waals surface area contributed by atoms with Crippen molar-refractivity contribution in [1.29, 1.82) is 0 Å². The molecule has 1 aliphatic rings. The van der Waals surface area contributed by atoms with Crippen molar-refractivity contribution in [3.05, 3.63) is 29.8 Å². The maximum atomic E-state index is 5.64. The van der Waals surface area contributed by atoms with E-state index in [0.29, 0.717) is 6.61 Å². The van der Waals surface area contributed by atoms with Crippen molar-refractivity contribution in [2.75, 3.05) is 13.2 Å². The zero-order valence-corrected chi connectivity index (χ0v) is 9.57. The summed E-state index contributed by atoms with van der Waals surface area (Å²) < 4.78 is 5.64.